The van der Waals surface area contributed by atoms with Gasteiger partial charge in [0.2, 0.25) is 0 Å². The first-order valence-corrected chi connectivity index (χ1v) is 9.38. The van der Waals surface area contributed by atoms with Gasteiger partial charge in [0.25, 0.3) is 0 Å². The van der Waals surface area contributed by atoms with Crippen LogP contribution in [0.15, 0.2) is 78.9 Å². The van der Waals surface area contributed by atoms with E-state index in [9.17, 15) is 9.90 Å². The molecule has 0 saturated heterocycles. The van der Waals surface area contributed by atoms with Crippen LogP contribution in [0.4, 0.5) is 0 Å². The fourth-order valence-electron chi connectivity index (χ4n) is 2.82. The topological polar surface area (TPSA) is 65.0 Å². The summed E-state index contributed by atoms with van der Waals surface area (Å²) in [7, 11) is 1.25. The molecule has 3 rings (SSSR count). The molecule has 0 aliphatic carbocycles. The lowest BCUT2D eigenvalue weighted by atomic mass is 10.1. The third-order valence-corrected chi connectivity index (χ3v) is 4.38. The molecule has 1 N–H and O–H groups in total. The highest BCUT2D eigenvalue weighted by atomic mass is 16.5. The fraction of sp³-hybridized carbons (Fsp3) is 0.208. The van der Waals surface area contributed by atoms with Gasteiger partial charge < -0.3 is 19.3 Å². The molecule has 1 atom stereocenters. The van der Waals surface area contributed by atoms with E-state index in [4.69, 9.17) is 9.47 Å². The predicted octanol–water partition coefficient (Wildman–Crippen LogP) is 3.92. The average molecular weight is 392 g/mol. The Balaban J connectivity index is 1.76. The van der Waals surface area contributed by atoms with E-state index in [1.54, 1.807) is 12.1 Å². The predicted molar refractivity (Wildman–Crippen MR) is 110 cm³/mol. The van der Waals surface area contributed by atoms with Gasteiger partial charge in [0.1, 0.15) is 13.2 Å². The number of carbonyl (C=O) groups is 1. The van der Waals surface area contributed by atoms with Gasteiger partial charge in [0, 0.05) is 6.42 Å². The number of carbonyl (C=O) groups excluding carboxylic acids is 1. The van der Waals surface area contributed by atoms with Gasteiger partial charge in [-0.3, -0.25) is 0 Å². The number of ether oxygens (including phenoxy) is 3. The van der Waals surface area contributed by atoms with Crippen molar-refractivity contribution < 1.29 is 24.1 Å². The average Bonchev–Trinajstić information content (AvgIpc) is 2.77. The minimum absolute atomic E-state index is 0.132. The van der Waals surface area contributed by atoms with Crippen LogP contribution in [-0.4, -0.2) is 24.3 Å². The molecule has 5 heteroatoms. The molecule has 0 aliphatic rings. The van der Waals surface area contributed by atoms with E-state index in [2.05, 4.69) is 4.74 Å². The van der Waals surface area contributed by atoms with Crippen LogP contribution in [0.5, 0.6) is 11.5 Å². The summed E-state index contributed by atoms with van der Waals surface area (Å²) < 4.78 is 16.5. The van der Waals surface area contributed by atoms with Crippen molar-refractivity contribution in [1.82, 2.24) is 0 Å². The van der Waals surface area contributed by atoms with Crippen LogP contribution in [0, 0.1) is 0 Å². The van der Waals surface area contributed by atoms with Gasteiger partial charge in [0.15, 0.2) is 17.6 Å². The van der Waals surface area contributed by atoms with Gasteiger partial charge in [-0.15, -0.1) is 0 Å². The molecule has 0 aromatic heterocycles. The van der Waals surface area contributed by atoms with Crippen molar-refractivity contribution in [3.8, 4) is 11.5 Å². The summed E-state index contributed by atoms with van der Waals surface area (Å²) >= 11 is 0. The van der Waals surface area contributed by atoms with Crippen LogP contribution in [0.3, 0.4) is 0 Å². The summed E-state index contributed by atoms with van der Waals surface area (Å²) in [6, 6.07) is 25.1. The second kappa shape index (κ2) is 10.3. The normalized spacial score (nSPS) is 11.5. The quantitative estimate of drug-likeness (QED) is 0.559. The Morgan fingerprint density at radius 3 is 1.90 bits per heavy atom. The number of aliphatic hydroxyl groups is 1. The van der Waals surface area contributed by atoms with Crippen LogP contribution in [0.25, 0.3) is 0 Å². The van der Waals surface area contributed by atoms with Gasteiger partial charge >= 0.3 is 5.97 Å². The molecule has 0 saturated carbocycles. The Morgan fingerprint density at radius 1 is 0.793 bits per heavy atom. The lowest BCUT2D eigenvalue weighted by Gasteiger charge is -2.15. The number of esters is 1. The summed E-state index contributed by atoms with van der Waals surface area (Å²) in [5.41, 5.74) is 2.83. The molecule has 3 aromatic carbocycles. The van der Waals surface area contributed by atoms with E-state index in [-0.39, 0.29) is 6.42 Å². The van der Waals surface area contributed by atoms with Gasteiger partial charge in [-0.25, -0.2) is 4.79 Å². The van der Waals surface area contributed by atoms with Gasteiger partial charge in [-0.1, -0.05) is 66.7 Å². The Kier molecular flexibility index (Phi) is 7.25. The van der Waals surface area contributed by atoms with Crippen molar-refractivity contribution in [3.63, 3.8) is 0 Å². The molecule has 150 valence electrons. The number of rotatable bonds is 9. The molecule has 0 bridgehead atoms. The van der Waals surface area contributed by atoms with Gasteiger partial charge in [0.05, 0.1) is 7.11 Å². The monoisotopic (exact) mass is 392 g/mol. The summed E-state index contributed by atoms with van der Waals surface area (Å²) in [5.74, 6) is 0.488. The molecule has 0 radical (unpaired) electrons. The maximum atomic E-state index is 11.5. The van der Waals surface area contributed by atoms with E-state index in [1.165, 1.54) is 7.11 Å². The molecule has 1 unspecified atom stereocenters. The molecule has 0 spiro atoms. The third-order valence-electron chi connectivity index (χ3n) is 4.38. The lowest BCUT2D eigenvalue weighted by Crippen LogP contribution is -2.24. The summed E-state index contributed by atoms with van der Waals surface area (Å²) in [6.07, 6.45) is -1.09. The molecular weight excluding hydrogens is 368 g/mol. The number of hydrogen-bond acceptors (Lipinski definition) is 5. The van der Waals surface area contributed by atoms with E-state index in [0.29, 0.717) is 24.7 Å². The number of hydrogen-bond donors (Lipinski definition) is 1. The zero-order valence-electron chi connectivity index (χ0n) is 16.3. The van der Waals surface area contributed by atoms with E-state index >= 15 is 0 Å². The first kappa shape index (κ1) is 20.4. The summed E-state index contributed by atoms with van der Waals surface area (Å²) in [6.45, 7) is 0.790. The van der Waals surface area contributed by atoms with Crippen LogP contribution in [0.1, 0.15) is 16.7 Å². The molecule has 0 aliphatic heterocycles. The van der Waals surface area contributed by atoms with Crippen LogP contribution in [0.2, 0.25) is 0 Å². The Bertz CT molecular complexity index is 909. The highest BCUT2D eigenvalue weighted by Crippen LogP contribution is 2.30. The highest BCUT2D eigenvalue weighted by molar-refractivity contribution is 5.74. The molecule has 0 amide bonds. The standard InChI is InChI=1S/C24H24O5/c1-27-24(26)21(25)14-20-12-13-22(28-16-18-8-4-2-5-9-18)23(15-20)29-17-19-10-6-3-7-11-19/h2-13,15,21,25H,14,16-17H2,1H3. The van der Waals surface area contributed by atoms with Crippen LogP contribution < -0.4 is 9.47 Å². The Morgan fingerprint density at radius 2 is 1.34 bits per heavy atom. The molecule has 0 fully saturated rings. The van der Waals surface area contributed by atoms with Crippen molar-refractivity contribution in [2.75, 3.05) is 7.11 Å². The van der Waals surface area contributed by atoms with Crippen LogP contribution >= 0.6 is 0 Å². The fourth-order valence-corrected chi connectivity index (χ4v) is 2.82. The second-order valence-corrected chi connectivity index (χ2v) is 6.57. The summed E-state index contributed by atoms with van der Waals surface area (Å²) in [5, 5.41) is 9.94. The summed E-state index contributed by atoms with van der Waals surface area (Å²) in [4.78, 5) is 11.5. The highest BCUT2D eigenvalue weighted by Gasteiger charge is 2.17. The minimum Gasteiger partial charge on any atom is -0.485 e. The molecule has 5 nitrogen and oxygen atoms in total. The number of methoxy groups -OCH3 is 1. The third kappa shape index (κ3) is 6.09. The van der Waals surface area contributed by atoms with Crippen molar-refractivity contribution in [2.24, 2.45) is 0 Å². The minimum atomic E-state index is -1.22. The lowest BCUT2D eigenvalue weighted by molar-refractivity contribution is -0.150. The first-order chi connectivity index (χ1) is 14.2. The maximum Gasteiger partial charge on any atom is 0.335 e. The number of aliphatic hydroxyl groups excluding tert-OH is 1. The Hall–Kier alpha value is -3.31. The molecular formula is C24H24O5. The number of benzene rings is 3. The van der Waals surface area contributed by atoms with Gasteiger partial charge in [-0.2, -0.15) is 0 Å². The van der Waals surface area contributed by atoms with Crippen LogP contribution in [-0.2, 0) is 29.2 Å². The van der Waals surface area contributed by atoms with Crippen molar-refractivity contribution in [2.45, 2.75) is 25.7 Å². The zero-order valence-corrected chi connectivity index (χ0v) is 16.3. The van der Waals surface area contributed by atoms with Crippen molar-refractivity contribution in [1.29, 1.82) is 0 Å². The SMILES string of the molecule is COC(=O)C(O)Cc1ccc(OCc2ccccc2)c(OCc2ccccc2)c1. The van der Waals surface area contributed by atoms with E-state index in [0.717, 1.165) is 16.7 Å². The molecule has 29 heavy (non-hydrogen) atoms. The van der Waals surface area contributed by atoms with Crippen molar-refractivity contribution in [3.05, 3.63) is 95.6 Å². The second-order valence-electron chi connectivity index (χ2n) is 6.57. The molecule has 0 heterocycles. The maximum absolute atomic E-state index is 11.5. The van der Waals surface area contributed by atoms with E-state index < -0.39 is 12.1 Å². The smallest absolute Gasteiger partial charge is 0.335 e. The zero-order chi connectivity index (χ0) is 20.5. The van der Waals surface area contributed by atoms with Crippen molar-refractivity contribution >= 4 is 5.97 Å². The first-order valence-electron chi connectivity index (χ1n) is 9.38. The Labute approximate surface area is 170 Å². The van der Waals surface area contributed by atoms with E-state index in [1.807, 2.05) is 66.7 Å². The molecule has 3 aromatic rings. The largest absolute Gasteiger partial charge is 0.485 e. The van der Waals surface area contributed by atoms with Gasteiger partial charge in [-0.05, 0) is 28.8 Å².